The van der Waals surface area contributed by atoms with Gasteiger partial charge in [0.15, 0.2) is 0 Å². The fourth-order valence-electron chi connectivity index (χ4n) is 1.51. The van der Waals surface area contributed by atoms with Crippen molar-refractivity contribution < 1.29 is 9.84 Å². The van der Waals surface area contributed by atoms with Crippen molar-refractivity contribution in [3.8, 4) is 5.75 Å². The molecule has 3 nitrogen and oxygen atoms in total. The van der Waals surface area contributed by atoms with Crippen molar-refractivity contribution in [2.45, 2.75) is 26.8 Å². The van der Waals surface area contributed by atoms with Gasteiger partial charge in [0, 0.05) is 19.8 Å². The largest absolute Gasteiger partial charge is 0.507 e. The Kier molecular flexibility index (Phi) is 7.32. The summed E-state index contributed by atoms with van der Waals surface area (Å²) >= 11 is 3.30. The minimum Gasteiger partial charge on any atom is -0.507 e. The number of nitrogens with one attached hydrogen (secondary N) is 1. The first kappa shape index (κ1) is 15.5. The third kappa shape index (κ3) is 6.38. The van der Waals surface area contributed by atoms with Crippen LogP contribution in [0.5, 0.6) is 5.75 Å². The number of hydrogen-bond acceptors (Lipinski definition) is 3. The van der Waals surface area contributed by atoms with Crippen LogP contribution in [-0.4, -0.2) is 24.9 Å². The van der Waals surface area contributed by atoms with Crippen LogP contribution in [0.4, 0.5) is 0 Å². The zero-order valence-corrected chi connectivity index (χ0v) is 12.7. The molecule has 0 saturated heterocycles. The topological polar surface area (TPSA) is 41.5 Å². The second-order valence-corrected chi connectivity index (χ2v) is 5.64. The minimum absolute atomic E-state index is 0.279. The fourth-order valence-corrected chi connectivity index (χ4v) is 1.94. The van der Waals surface area contributed by atoms with E-state index < -0.39 is 0 Å². The lowest BCUT2D eigenvalue weighted by molar-refractivity contribution is 0.108. The molecule has 0 heterocycles. The number of benzene rings is 1. The Morgan fingerprint density at radius 1 is 1.39 bits per heavy atom. The molecule has 2 N–H and O–H groups in total. The van der Waals surface area contributed by atoms with Crippen LogP contribution in [0, 0.1) is 5.92 Å². The summed E-state index contributed by atoms with van der Waals surface area (Å²) < 4.78 is 6.24. The molecule has 0 fully saturated rings. The lowest BCUT2D eigenvalue weighted by atomic mass is 10.2. The molecule has 0 spiro atoms. The zero-order valence-electron chi connectivity index (χ0n) is 11.1. The molecule has 0 aliphatic rings. The van der Waals surface area contributed by atoms with E-state index in [-0.39, 0.29) is 5.75 Å². The van der Waals surface area contributed by atoms with E-state index in [0.717, 1.165) is 42.8 Å². The molecular formula is C14H22BrNO2. The Morgan fingerprint density at radius 3 is 2.83 bits per heavy atom. The quantitative estimate of drug-likeness (QED) is 0.723. The molecule has 0 saturated carbocycles. The molecule has 102 valence electrons. The summed E-state index contributed by atoms with van der Waals surface area (Å²) in [4.78, 5) is 0. The van der Waals surface area contributed by atoms with Crippen LogP contribution in [0.3, 0.4) is 0 Å². The minimum atomic E-state index is 0.279. The predicted molar refractivity (Wildman–Crippen MR) is 77.8 cm³/mol. The standard InChI is InChI=1S/C14H22BrNO2/c1-11(2)10-18-7-3-6-16-9-12-4-5-14(17)13(15)8-12/h4-5,8,11,16-17H,3,6-7,9-10H2,1-2H3. The highest BCUT2D eigenvalue weighted by Gasteiger charge is 1.99. The summed E-state index contributed by atoms with van der Waals surface area (Å²) in [6, 6.07) is 5.55. The molecule has 0 unspecified atom stereocenters. The van der Waals surface area contributed by atoms with Crippen molar-refractivity contribution in [3.05, 3.63) is 28.2 Å². The van der Waals surface area contributed by atoms with Gasteiger partial charge in [-0.15, -0.1) is 0 Å². The maximum Gasteiger partial charge on any atom is 0.129 e. The van der Waals surface area contributed by atoms with Gasteiger partial charge in [0.2, 0.25) is 0 Å². The van der Waals surface area contributed by atoms with Gasteiger partial charge in [-0.05, 0) is 52.5 Å². The van der Waals surface area contributed by atoms with E-state index in [9.17, 15) is 5.11 Å². The maximum absolute atomic E-state index is 9.37. The number of phenols is 1. The summed E-state index contributed by atoms with van der Waals surface area (Å²) in [6.07, 6.45) is 1.02. The van der Waals surface area contributed by atoms with E-state index in [4.69, 9.17) is 4.74 Å². The number of hydrogen-bond donors (Lipinski definition) is 2. The summed E-state index contributed by atoms with van der Waals surface area (Å²) in [5, 5.41) is 12.7. The van der Waals surface area contributed by atoms with Crippen molar-refractivity contribution in [3.63, 3.8) is 0 Å². The molecule has 0 bridgehead atoms. The van der Waals surface area contributed by atoms with E-state index in [2.05, 4.69) is 35.1 Å². The van der Waals surface area contributed by atoms with Gasteiger partial charge in [-0.2, -0.15) is 0 Å². The van der Waals surface area contributed by atoms with Gasteiger partial charge >= 0.3 is 0 Å². The van der Waals surface area contributed by atoms with Crippen molar-refractivity contribution in [2.75, 3.05) is 19.8 Å². The van der Waals surface area contributed by atoms with Gasteiger partial charge in [-0.3, -0.25) is 0 Å². The number of ether oxygens (including phenoxy) is 1. The number of rotatable bonds is 8. The van der Waals surface area contributed by atoms with Crippen molar-refractivity contribution in [1.29, 1.82) is 0 Å². The monoisotopic (exact) mass is 315 g/mol. The molecule has 18 heavy (non-hydrogen) atoms. The third-order valence-electron chi connectivity index (χ3n) is 2.43. The third-order valence-corrected chi connectivity index (χ3v) is 3.07. The van der Waals surface area contributed by atoms with Crippen LogP contribution >= 0.6 is 15.9 Å². The fraction of sp³-hybridized carbons (Fsp3) is 0.571. The van der Waals surface area contributed by atoms with Gasteiger partial charge in [0.25, 0.3) is 0 Å². The maximum atomic E-state index is 9.37. The van der Waals surface area contributed by atoms with Gasteiger partial charge in [0.1, 0.15) is 5.75 Å². The average molecular weight is 316 g/mol. The normalized spacial score (nSPS) is 11.1. The van der Waals surface area contributed by atoms with Crippen LogP contribution in [0.2, 0.25) is 0 Å². The van der Waals surface area contributed by atoms with Crippen LogP contribution in [0.1, 0.15) is 25.8 Å². The molecule has 0 aliphatic heterocycles. The van der Waals surface area contributed by atoms with Crippen LogP contribution in [-0.2, 0) is 11.3 Å². The van der Waals surface area contributed by atoms with Crippen LogP contribution in [0.15, 0.2) is 22.7 Å². The number of phenolic OH excluding ortho intramolecular Hbond substituents is 1. The van der Waals surface area contributed by atoms with Crippen LogP contribution < -0.4 is 5.32 Å². The smallest absolute Gasteiger partial charge is 0.129 e. The summed E-state index contributed by atoms with van der Waals surface area (Å²) in [5.74, 6) is 0.883. The molecule has 0 radical (unpaired) electrons. The Balaban J connectivity index is 2.09. The Labute approximate surface area is 118 Å². The van der Waals surface area contributed by atoms with Crippen molar-refractivity contribution >= 4 is 15.9 Å². The predicted octanol–water partition coefficient (Wildman–Crippen LogP) is 3.31. The molecule has 0 aliphatic carbocycles. The Morgan fingerprint density at radius 2 is 2.17 bits per heavy atom. The number of aromatic hydroxyl groups is 1. The SMILES string of the molecule is CC(C)COCCCNCc1ccc(O)c(Br)c1. The summed E-state index contributed by atoms with van der Waals surface area (Å²) in [5.41, 5.74) is 1.16. The second kappa shape index (κ2) is 8.51. The van der Waals surface area contributed by atoms with E-state index in [1.807, 2.05) is 12.1 Å². The van der Waals surface area contributed by atoms with Crippen molar-refractivity contribution in [2.24, 2.45) is 5.92 Å². The second-order valence-electron chi connectivity index (χ2n) is 4.78. The Hall–Kier alpha value is -0.580. The van der Waals surface area contributed by atoms with Gasteiger partial charge < -0.3 is 15.2 Å². The molecule has 4 heteroatoms. The first-order valence-corrected chi connectivity index (χ1v) is 7.14. The zero-order chi connectivity index (χ0) is 13.4. The molecule has 1 aromatic rings. The van der Waals surface area contributed by atoms with Crippen molar-refractivity contribution in [1.82, 2.24) is 5.32 Å². The highest BCUT2D eigenvalue weighted by molar-refractivity contribution is 9.10. The number of halogens is 1. The van der Waals surface area contributed by atoms with Gasteiger partial charge in [0.05, 0.1) is 4.47 Å². The van der Waals surface area contributed by atoms with Gasteiger partial charge in [-0.1, -0.05) is 19.9 Å². The van der Waals surface area contributed by atoms with E-state index in [1.165, 1.54) is 0 Å². The first-order valence-electron chi connectivity index (χ1n) is 6.35. The lowest BCUT2D eigenvalue weighted by Gasteiger charge is -2.08. The van der Waals surface area contributed by atoms with E-state index in [1.54, 1.807) is 6.07 Å². The molecule has 0 amide bonds. The van der Waals surface area contributed by atoms with E-state index in [0.29, 0.717) is 5.92 Å². The Bertz CT molecular complexity index is 356. The van der Waals surface area contributed by atoms with Gasteiger partial charge in [-0.25, -0.2) is 0 Å². The highest BCUT2D eigenvalue weighted by atomic mass is 79.9. The molecule has 1 rings (SSSR count). The molecule has 0 aromatic heterocycles. The lowest BCUT2D eigenvalue weighted by Crippen LogP contribution is -2.16. The van der Waals surface area contributed by atoms with Crippen LogP contribution in [0.25, 0.3) is 0 Å². The molecule has 1 aromatic carbocycles. The summed E-state index contributed by atoms with van der Waals surface area (Å²) in [7, 11) is 0. The first-order chi connectivity index (χ1) is 8.59. The highest BCUT2D eigenvalue weighted by Crippen LogP contribution is 2.24. The molecule has 0 atom stereocenters. The summed E-state index contributed by atoms with van der Waals surface area (Å²) in [6.45, 7) is 7.71. The van der Waals surface area contributed by atoms with E-state index >= 15 is 0 Å². The molecular weight excluding hydrogens is 294 g/mol. The average Bonchev–Trinajstić information content (AvgIpc) is 2.32.